The van der Waals surface area contributed by atoms with Gasteiger partial charge in [0.25, 0.3) is 11.8 Å². The van der Waals surface area contributed by atoms with Gasteiger partial charge in [-0.3, -0.25) is 19.3 Å². The lowest BCUT2D eigenvalue weighted by atomic mass is 9.95. The minimum absolute atomic E-state index is 0.435. The smallest absolute Gasteiger partial charge is 0.326 e. The topological polar surface area (TPSA) is 105 Å². The largest absolute Gasteiger partial charge is 0.454 e. The number of unbranched alkanes of at least 4 members (excludes halogenated alkanes) is 1. The maximum Gasteiger partial charge on any atom is 0.326 e. The number of imide groups is 1. The molecule has 1 fully saturated rings. The van der Waals surface area contributed by atoms with Gasteiger partial charge in [-0.1, -0.05) is 45.7 Å². The molecule has 1 heterocycles. The minimum atomic E-state index is -1.01. The van der Waals surface area contributed by atoms with Crippen LogP contribution in [0.3, 0.4) is 0 Å². The fourth-order valence-corrected chi connectivity index (χ4v) is 3.24. The first kappa shape index (κ1) is 23.4. The molecule has 1 aliphatic heterocycles. The number of esters is 1. The summed E-state index contributed by atoms with van der Waals surface area (Å²) in [6.45, 7) is 6.86. The number of hydrogen-bond donors (Lipinski definition) is 2. The van der Waals surface area contributed by atoms with Gasteiger partial charge < -0.3 is 15.4 Å². The molecular formula is C22H31N3O5. The monoisotopic (exact) mass is 417 g/mol. The Morgan fingerprint density at radius 3 is 2.47 bits per heavy atom. The molecule has 164 valence electrons. The van der Waals surface area contributed by atoms with E-state index in [-0.39, 0.29) is 0 Å². The number of urea groups is 1. The van der Waals surface area contributed by atoms with Gasteiger partial charge in [0.1, 0.15) is 12.1 Å². The molecule has 2 atom stereocenters. The van der Waals surface area contributed by atoms with Crippen molar-refractivity contribution < 1.29 is 23.9 Å². The number of rotatable bonds is 10. The molecule has 1 saturated heterocycles. The van der Waals surface area contributed by atoms with E-state index in [0.717, 1.165) is 24.2 Å². The Morgan fingerprint density at radius 2 is 1.87 bits per heavy atom. The van der Waals surface area contributed by atoms with E-state index in [2.05, 4.69) is 24.5 Å². The van der Waals surface area contributed by atoms with Gasteiger partial charge in [-0.05, 0) is 43.4 Å². The third kappa shape index (κ3) is 5.81. The molecule has 0 spiro atoms. The van der Waals surface area contributed by atoms with Crippen molar-refractivity contribution in [1.82, 2.24) is 10.2 Å². The van der Waals surface area contributed by atoms with Gasteiger partial charge in [0.05, 0.1) is 0 Å². The number of ether oxygens (including phenoxy) is 1. The molecule has 0 radical (unpaired) electrons. The first-order chi connectivity index (χ1) is 14.2. The van der Waals surface area contributed by atoms with E-state index in [0.29, 0.717) is 18.0 Å². The molecule has 2 rings (SSSR count). The molecule has 0 unspecified atom stereocenters. The second-order valence-electron chi connectivity index (χ2n) is 7.90. The molecular weight excluding hydrogens is 386 g/mol. The van der Waals surface area contributed by atoms with Gasteiger partial charge in [-0.25, -0.2) is 4.79 Å². The summed E-state index contributed by atoms with van der Waals surface area (Å²) in [7, 11) is 0. The summed E-state index contributed by atoms with van der Waals surface area (Å²) < 4.78 is 4.94. The summed E-state index contributed by atoms with van der Waals surface area (Å²) >= 11 is 0. The molecule has 1 aliphatic rings. The number of carbonyl (C=O) groups excluding carboxylic acids is 4. The maximum absolute atomic E-state index is 12.5. The Bertz CT molecular complexity index is 792. The number of carbonyl (C=O) groups is 4. The Hall–Kier alpha value is -2.90. The van der Waals surface area contributed by atoms with Crippen molar-refractivity contribution in [3.63, 3.8) is 0 Å². The average Bonchev–Trinajstić information content (AvgIpc) is 2.94. The summed E-state index contributed by atoms with van der Waals surface area (Å²) in [6, 6.07) is 6.87. The highest BCUT2D eigenvalue weighted by Gasteiger charge is 2.47. The first-order valence-electron chi connectivity index (χ1n) is 10.4. The lowest BCUT2D eigenvalue weighted by Crippen LogP contribution is -2.44. The quantitative estimate of drug-likeness (QED) is 0.449. The zero-order valence-electron chi connectivity index (χ0n) is 18.1. The molecule has 1 aromatic rings. The van der Waals surface area contributed by atoms with Crippen LogP contribution in [0.25, 0.3) is 0 Å². The third-order valence-corrected chi connectivity index (χ3v) is 5.40. The highest BCUT2D eigenvalue weighted by Crippen LogP contribution is 2.23. The van der Waals surface area contributed by atoms with Crippen LogP contribution in [-0.2, 0) is 19.1 Å². The summed E-state index contributed by atoms with van der Waals surface area (Å²) in [4.78, 5) is 49.5. The van der Waals surface area contributed by atoms with E-state index in [4.69, 9.17) is 4.74 Å². The summed E-state index contributed by atoms with van der Waals surface area (Å²) in [5.41, 5.74) is 0.775. The van der Waals surface area contributed by atoms with Crippen molar-refractivity contribution in [3.8, 4) is 0 Å². The highest BCUT2D eigenvalue weighted by atomic mass is 16.5. The molecule has 4 amide bonds. The van der Waals surface area contributed by atoms with Gasteiger partial charge in [0, 0.05) is 5.69 Å². The van der Waals surface area contributed by atoms with Gasteiger partial charge in [-0.15, -0.1) is 0 Å². The van der Waals surface area contributed by atoms with Crippen LogP contribution in [0.5, 0.6) is 0 Å². The van der Waals surface area contributed by atoms with Crippen LogP contribution in [0.2, 0.25) is 0 Å². The third-order valence-electron chi connectivity index (χ3n) is 5.40. The summed E-state index contributed by atoms with van der Waals surface area (Å²) in [6.07, 6.45) is 3.18. The normalized spacial score (nSPS) is 19.4. The molecule has 30 heavy (non-hydrogen) atoms. The summed E-state index contributed by atoms with van der Waals surface area (Å²) in [5.74, 6) is -1.33. The zero-order valence-corrected chi connectivity index (χ0v) is 18.1. The van der Waals surface area contributed by atoms with Crippen molar-refractivity contribution in [1.29, 1.82) is 0 Å². The Morgan fingerprint density at radius 1 is 1.20 bits per heavy atom. The van der Waals surface area contributed by atoms with E-state index in [9.17, 15) is 19.2 Å². The van der Waals surface area contributed by atoms with Crippen LogP contribution in [0.1, 0.15) is 64.9 Å². The second-order valence-corrected chi connectivity index (χ2v) is 7.90. The number of nitrogens with zero attached hydrogens (tertiary/aromatic N) is 1. The molecule has 1 aromatic carbocycles. The number of nitrogens with one attached hydrogen (secondary N) is 2. The van der Waals surface area contributed by atoms with Crippen LogP contribution in [-0.4, -0.2) is 47.4 Å². The van der Waals surface area contributed by atoms with Crippen molar-refractivity contribution in [2.24, 2.45) is 0 Å². The fourth-order valence-electron chi connectivity index (χ4n) is 3.24. The number of hydrogen-bond acceptors (Lipinski definition) is 5. The Balaban J connectivity index is 1.82. The van der Waals surface area contributed by atoms with Crippen molar-refractivity contribution >= 4 is 29.5 Å². The lowest BCUT2D eigenvalue weighted by molar-refractivity contribution is -0.150. The molecule has 0 bridgehead atoms. The van der Waals surface area contributed by atoms with Crippen LogP contribution < -0.4 is 10.6 Å². The van der Waals surface area contributed by atoms with Gasteiger partial charge >= 0.3 is 12.0 Å². The molecule has 2 N–H and O–H groups in total. The van der Waals surface area contributed by atoms with Crippen molar-refractivity contribution in [2.75, 3.05) is 18.5 Å². The second kappa shape index (κ2) is 10.2. The molecule has 0 aliphatic carbocycles. The molecule has 8 nitrogen and oxygen atoms in total. The SMILES string of the molecule is CCCC[C@@]1(C)NC(=O)N(CC(=O)OCC(=O)Nc2ccc([C@H](C)CC)cc2)C1=O. The van der Waals surface area contributed by atoms with E-state index in [1.165, 1.54) is 5.56 Å². The van der Waals surface area contributed by atoms with E-state index >= 15 is 0 Å². The Kier molecular flexibility index (Phi) is 7.97. The van der Waals surface area contributed by atoms with Crippen LogP contribution in [0.4, 0.5) is 10.5 Å². The zero-order chi connectivity index (χ0) is 22.3. The highest BCUT2D eigenvalue weighted by molar-refractivity contribution is 6.08. The summed E-state index contributed by atoms with van der Waals surface area (Å²) in [5, 5.41) is 5.29. The molecule has 8 heteroatoms. The van der Waals surface area contributed by atoms with E-state index in [1.807, 2.05) is 19.1 Å². The van der Waals surface area contributed by atoms with Crippen molar-refractivity contribution in [2.45, 2.75) is 64.8 Å². The number of benzene rings is 1. The minimum Gasteiger partial charge on any atom is -0.454 e. The van der Waals surface area contributed by atoms with Crippen molar-refractivity contribution in [3.05, 3.63) is 29.8 Å². The van der Waals surface area contributed by atoms with Gasteiger partial charge in [-0.2, -0.15) is 0 Å². The van der Waals surface area contributed by atoms with E-state index in [1.54, 1.807) is 19.1 Å². The maximum atomic E-state index is 12.5. The van der Waals surface area contributed by atoms with E-state index < -0.39 is 42.5 Å². The van der Waals surface area contributed by atoms with Crippen LogP contribution >= 0.6 is 0 Å². The first-order valence-corrected chi connectivity index (χ1v) is 10.4. The Labute approximate surface area is 177 Å². The van der Waals surface area contributed by atoms with Crippen LogP contribution in [0.15, 0.2) is 24.3 Å². The molecule has 0 saturated carbocycles. The number of amides is 4. The predicted octanol–water partition coefficient (Wildman–Crippen LogP) is 3.18. The average molecular weight is 418 g/mol. The number of anilines is 1. The standard InChI is InChI=1S/C22H31N3O5/c1-5-7-12-22(4)20(28)25(21(29)24-22)13-19(27)30-14-18(26)23-17-10-8-16(9-11-17)15(3)6-2/h8-11,15H,5-7,12-14H2,1-4H3,(H,23,26)(H,24,29)/t15-,22-/m1/s1. The predicted molar refractivity (Wildman–Crippen MR) is 113 cm³/mol. The molecule has 0 aromatic heterocycles. The fraction of sp³-hybridized carbons (Fsp3) is 0.545. The lowest BCUT2D eigenvalue weighted by Gasteiger charge is -2.21. The van der Waals surface area contributed by atoms with Gasteiger partial charge in [0.15, 0.2) is 6.61 Å². The van der Waals surface area contributed by atoms with Crippen LogP contribution in [0, 0.1) is 0 Å². The van der Waals surface area contributed by atoms with Gasteiger partial charge in [0.2, 0.25) is 0 Å².